The maximum atomic E-state index is 6.38. The number of allylic oxidation sites excluding steroid dienone is 2. The molecule has 1 saturated heterocycles. The van der Waals surface area contributed by atoms with Crippen LogP contribution in [0.15, 0.2) is 54.6 Å². The molecule has 1 aliphatic carbocycles. The van der Waals surface area contributed by atoms with Crippen LogP contribution in [0.4, 0.5) is 0 Å². The quantitative estimate of drug-likeness (QED) is 0.189. The van der Waals surface area contributed by atoms with Crippen LogP contribution in [0, 0.1) is 6.08 Å². The van der Waals surface area contributed by atoms with E-state index >= 15 is 0 Å². The van der Waals surface area contributed by atoms with Crippen LogP contribution in [0.25, 0.3) is 53.1 Å². The average molecular weight is 492 g/mol. The van der Waals surface area contributed by atoms with Gasteiger partial charge < -0.3 is 9.31 Å². The molecule has 2 aromatic heterocycles. The molecule has 1 fully saturated rings. The Morgan fingerprint density at radius 1 is 0.857 bits per heavy atom. The fraction of sp³-hybridized carbons (Fsp3) is 0.207. The van der Waals surface area contributed by atoms with Gasteiger partial charge in [-0.25, -0.2) is 4.98 Å². The summed E-state index contributed by atoms with van der Waals surface area (Å²) in [5.41, 5.74) is 4.99. The van der Waals surface area contributed by atoms with Gasteiger partial charge in [-0.1, -0.05) is 18.2 Å². The van der Waals surface area contributed by atoms with Crippen LogP contribution in [0.2, 0.25) is 0 Å². The van der Waals surface area contributed by atoms with Gasteiger partial charge in [0, 0.05) is 43.3 Å². The second-order valence-electron chi connectivity index (χ2n) is 10.2. The molecule has 3 aromatic carbocycles. The van der Waals surface area contributed by atoms with Gasteiger partial charge in [-0.2, -0.15) is 0 Å². The van der Waals surface area contributed by atoms with E-state index in [9.17, 15) is 0 Å². The minimum Gasteiger partial charge on any atom is -0.399 e. The zero-order chi connectivity index (χ0) is 23.9. The van der Waals surface area contributed by atoms with Crippen molar-refractivity contribution in [1.82, 2.24) is 4.98 Å². The molecule has 0 bridgehead atoms. The van der Waals surface area contributed by atoms with E-state index in [0.29, 0.717) is 0 Å². The Morgan fingerprint density at radius 3 is 2.51 bits per heavy atom. The third-order valence-electron chi connectivity index (χ3n) is 7.48. The summed E-state index contributed by atoms with van der Waals surface area (Å²) in [5, 5.41) is 3.52. The highest BCUT2D eigenvalue weighted by molar-refractivity contribution is 7.27. The van der Waals surface area contributed by atoms with E-state index in [2.05, 4.69) is 88.4 Å². The molecule has 0 spiro atoms. The Morgan fingerprint density at radius 2 is 1.69 bits per heavy atom. The number of hydrogen-bond donors (Lipinski definition) is 0. The summed E-state index contributed by atoms with van der Waals surface area (Å²) in [4.78, 5) is 5.03. The SMILES string of the molecule is CC1(C)OB(c2cccc3c2sc2cc4sc(-c5ccc6c(c5)C=C[C+]=C6)nc4cc23)OC1(C)C. The second kappa shape index (κ2) is 7.33. The van der Waals surface area contributed by atoms with Crippen LogP contribution in [-0.2, 0) is 9.31 Å². The van der Waals surface area contributed by atoms with Crippen molar-refractivity contribution in [2.75, 3.05) is 0 Å². The lowest BCUT2D eigenvalue weighted by Gasteiger charge is -2.32. The summed E-state index contributed by atoms with van der Waals surface area (Å²) in [7, 11) is -0.367. The topological polar surface area (TPSA) is 31.4 Å². The maximum absolute atomic E-state index is 6.38. The van der Waals surface area contributed by atoms with E-state index < -0.39 is 0 Å². The standard InChI is InChI=1S/C29H23BNO2S2/c1-28(2)29(3,4)33-30(32-28)22-11-7-10-20-21-15-23-25(16-24(21)34-26(20)22)35-27(31-23)19-13-12-17-8-5-6-9-18(17)14-19/h6-16H,1-4H3/q+1. The van der Waals surface area contributed by atoms with Crippen molar-refractivity contribution < 1.29 is 9.31 Å². The minimum atomic E-state index is -0.367. The summed E-state index contributed by atoms with van der Waals surface area (Å²) in [6, 6.07) is 17.5. The fourth-order valence-electron chi connectivity index (χ4n) is 4.78. The van der Waals surface area contributed by atoms with E-state index in [-0.39, 0.29) is 18.3 Å². The fourth-order valence-corrected chi connectivity index (χ4v) is 7.08. The molecule has 5 aromatic rings. The highest BCUT2D eigenvalue weighted by atomic mass is 32.1. The van der Waals surface area contributed by atoms with Crippen LogP contribution < -0.4 is 5.46 Å². The first-order chi connectivity index (χ1) is 16.8. The van der Waals surface area contributed by atoms with Crippen molar-refractivity contribution in [2.24, 2.45) is 0 Å². The largest absolute Gasteiger partial charge is 0.496 e. The Balaban J connectivity index is 1.33. The first-order valence-electron chi connectivity index (χ1n) is 11.8. The highest BCUT2D eigenvalue weighted by Gasteiger charge is 2.52. The van der Waals surface area contributed by atoms with Crippen molar-refractivity contribution in [2.45, 2.75) is 38.9 Å². The first kappa shape index (κ1) is 21.4. The monoisotopic (exact) mass is 492 g/mol. The molecule has 3 nitrogen and oxygen atoms in total. The molecule has 0 atom stereocenters. The van der Waals surface area contributed by atoms with Crippen LogP contribution in [0.3, 0.4) is 0 Å². The molecular formula is C29H23BNO2S2+. The van der Waals surface area contributed by atoms with Gasteiger partial charge in [0.25, 0.3) is 0 Å². The molecule has 0 saturated carbocycles. The van der Waals surface area contributed by atoms with Crippen LogP contribution in [0.1, 0.15) is 38.8 Å². The van der Waals surface area contributed by atoms with Crippen LogP contribution in [-0.4, -0.2) is 23.3 Å². The Labute approximate surface area is 212 Å². The van der Waals surface area contributed by atoms with Gasteiger partial charge in [-0.05, 0) is 52.0 Å². The minimum absolute atomic E-state index is 0.361. The van der Waals surface area contributed by atoms with Crippen molar-refractivity contribution in [3.05, 3.63) is 71.8 Å². The molecule has 0 unspecified atom stereocenters. The summed E-state index contributed by atoms with van der Waals surface area (Å²) in [5.74, 6) is 0. The van der Waals surface area contributed by atoms with Gasteiger partial charge in [-0.3, -0.25) is 0 Å². The molecule has 0 amide bonds. The molecule has 0 N–H and O–H groups in total. The average Bonchev–Trinajstić information content (AvgIpc) is 3.47. The van der Waals surface area contributed by atoms with E-state index in [0.717, 1.165) is 21.6 Å². The van der Waals surface area contributed by atoms with Gasteiger partial charge in [0.2, 0.25) is 0 Å². The number of benzene rings is 3. The molecule has 35 heavy (non-hydrogen) atoms. The maximum Gasteiger partial charge on any atom is 0.496 e. The smallest absolute Gasteiger partial charge is 0.399 e. The summed E-state index contributed by atoms with van der Waals surface area (Å²) < 4.78 is 16.5. The van der Waals surface area contributed by atoms with E-state index in [4.69, 9.17) is 14.3 Å². The number of fused-ring (bicyclic) bond motifs is 5. The Bertz CT molecular complexity index is 1710. The number of hydrogen-bond acceptors (Lipinski definition) is 5. The zero-order valence-corrected chi connectivity index (χ0v) is 21.6. The lowest BCUT2D eigenvalue weighted by atomic mass is 9.78. The van der Waals surface area contributed by atoms with E-state index in [1.807, 2.05) is 23.5 Å². The van der Waals surface area contributed by atoms with E-state index in [1.165, 1.54) is 36.0 Å². The van der Waals surface area contributed by atoms with Gasteiger partial charge >= 0.3 is 7.12 Å². The van der Waals surface area contributed by atoms with Gasteiger partial charge in [0.15, 0.2) is 0 Å². The number of thiazole rings is 1. The molecule has 0 radical (unpaired) electrons. The Hall–Kier alpha value is -2.86. The predicted octanol–water partition coefficient (Wildman–Crippen LogP) is 7.47. The third kappa shape index (κ3) is 3.26. The van der Waals surface area contributed by atoms with E-state index in [1.54, 1.807) is 11.3 Å². The normalized spacial score (nSPS) is 18.0. The van der Waals surface area contributed by atoms with Crippen molar-refractivity contribution in [1.29, 1.82) is 0 Å². The summed E-state index contributed by atoms with van der Waals surface area (Å²) in [6.07, 6.45) is 9.23. The first-order valence-corrected chi connectivity index (χ1v) is 13.4. The molecule has 7 rings (SSSR count). The van der Waals surface area contributed by atoms with Gasteiger partial charge in [0.1, 0.15) is 17.2 Å². The highest BCUT2D eigenvalue weighted by Crippen LogP contribution is 2.41. The third-order valence-corrected chi connectivity index (χ3v) is 9.76. The predicted molar refractivity (Wildman–Crippen MR) is 150 cm³/mol. The van der Waals surface area contributed by atoms with Crippen molar-refractivity contribution in [3.8, 4) is 10.6 Å². The molecule has 2 aliphatic rings. The summed E-state index contributed by atoms with van der Waals surface area (Å²) >= 11 is 3.56. The number of aromatic nitrogens is 1. The number of rotatable bonds is 2. The van der Waals surface area contributed by atoms with Crippen LogP contribution >= 0.6 is 22.7 Å². The lowest BCUT2D eigenvalue weighted by Crippen LogP contribution is -2.41. The molecular weight excluding hydrogens is 469 g/mol. The van der Waals surface area contributed by atoms with Crippen molar-refractivity contribution >= 4 is 77.8 Å². The van der Waals surface area contributed by atoms with Crippen molar-refractivity contribution in [3.63, 3.8) is 0 Å². The Kier molecular flexibility index (Phi) is 4.49. The molecule has 1 aliphatic heterocycles. The summed E-state index contributed by atoms with van der Waals surface area (Å²) in [6.45, 7) is 8.40. The molecule has 3 heterocycles. The van der Waals surface area contributed by atoms with Crippen LogP contribution in [0.5, 0.6) is 0 Å². The number of thiophene rings is 1. The lowest BCUT2D eigenvalue weighted by molar-refractivity contribution is 0.00578. The number of nitrogens with zero attached hydrogens (tertiary/aromatic N) is 1. The molecule has 170 valence electrons. The zero-order valence-electron chi connectivity index (χ0n) is 20.0. The van der Waals surface area contributed by atoms with Gasteiger partial charge in [0.05, 0.1) is 38.6 Å². The van der Waals surface area contributed by atoms with Gasteiger partial charge in [-0.15, -0.1) is 22.7 Å². The second-order valence-corrected chi connectivity index (χ2v) is 12.3. The molecule has 6 heteroatoms.